The second-order valence-corrected chi connectivity index (χ2v) is 9.08. The van der Waals surface area contributed by atoms with Crippen molar-refractivity contribution in [3.8, 4) is 0 Å². The van der Waals surface area contributed by atoms with Crippen LogP contribution in [0.2, 0.25) is 0 Å². The summed E-state index contributed by atoms with van der Waals surface area (Å²) in [7, 11) is 1.60. The van der Waals surface area contributed by atoms with Crippen LogP contribution < -0.4 is 16.0 Å². The monoisotopic (exact) mass is 478 g/mol. The number of fused-ring (bicyclic) bond motifs is 1. The van der Waals surface area contributed by atoms with Crippen LogP contribution in [0.3, 0.4) is 0 Å². The van der Waals surface area contributed by atoms with Crippen molar-refractivity contribution in [1.29, 1.82) is 0 Å². The van der Waals surface area contributed by atoms with E-state index in [-0.39, 0.29) is 12.3 Å². The molecule has 0 unspecified atom stereocenters. The van der Waals surface area contributed by atoms with Gasteiger partial charge in [0.15, 0.2) is 0 Å². The largest absolute Gasteiger partial charge is 0.369 e. The Bertz CT molecular complexity index is 1160. The minimum absolute atomic E-state index is 0.0977. The molecule has 8 heteroatoms. The molecule has 1 heterocycles. The number of amides is 3. The Kier molecular flexibility index (Phi) is 8.17. The van der Waals surface area contributed by atoms with E-state index in [0.29, 0.717) is 28.9 Å². The van der Waals surface area contributed by atoms with Crippen LogP contribution in [0.25, 0.3) is 0 Å². The van der Waals surface area contributed by atoms with Crippen molar-refractivity contribution in [3.05, 3.63) is 78.1 Å². The molecular formula is C27H31FN4O3. The highest BCUT2D eigenvalue weighted by molar-refractivity contribution is 6.20. The van der Waals surface area contributed by atoms with Gasteiger partial charge in [-0.1, -0.05) is 50.3 Å². The molecule has 3 N–H and O–H groups in total. The number of hydrogen-bond acceptors (Lipinski definition) is 4. The Morgan fingerprint density at radius 3 is 2.54 bits per heavy atom. The zero-order valence-electron chi connectivity index (χ0n) is 20.2. The summed E-state index contributed by atoms with van der Waals surface area (Å²) in [5, 5.41) is 2.73. The Labute approximate surface area is 204 Å². The van der Waals surface area contributed by atoms with Crippen LogP contribution in [0, 0.1) is 23.6 Å². The van der Waals surface area contributed by atoms with Crippen molar-refractivity contribution in [2.75, 3.05) is 11.9 Å². The molecule has 0 fully saturated rings. The van der Waals surface area contributed by atoms with Gasteiger partial charge >= 0.3 is 0 Å². The van der Waals surface area contributed by atoms with E-state index >= 15 is 0 Å². The molecule has 184 valence electrons. The fourth-order valence-electron chi connectivity index (χ4n) is 4.34. The first-order valence-corrected chi connectivity index (χ1v) is 11.5. The van der Waals surface area contributed by atoms with Crippen molar-refractivity contribution in [2.45, 2.75) is 32.9 Å². The van der Waals surface area contributed by atoms with Crippen LogP contribution in [-0.2, 0) is 14.4 Å². The average Bonchev–Trinajstić information content (AvgIpc) is 2.91. The summed E-state index contributed by atoms with van der Waals surface area (Å²) in [4.78, 5) is 45.0. The van der Waals surface area contributed by atoms with Gasteiger partial charge in [0.1, 0.15) is 5.82 Å². The molecule has 0 radical (unpaired) electrons. The molecule has 0 aliphatic carbocycles. The predicted molar refractivity (Wildman–Crippen MR) is 134 cm³/mol. The van der Waals surface area contributed by atoms with Crippen LogP contribution in [0.5, 0.6) is 0 Å². The van der Waals surface area contributed by atoms with Gasteiger partial charge in [-0.3, -0.25) is 14.4 Å². The number of nitrogens with zero attached hydrogens (tertiary/aromatic N) is 2. The minimum atomic E-state index is -1.27. The highest BCUT2D eigenvalue weighted by atomic mass is 19.1. The van der Waals surface area contributed by atoms with Gasteiger partial charge in [0.25, 0.3) is 5.91 Å². The quantitative estimate of drug-likeness (QED) is 0.540. The van der Waals surface area contributed by atoms with Gasteiger partial charge in [-0.15, -0.1) is 6.58 Å². The van der Waals surface area contributed by atoms with Gasteiger partial charge in [0, 0.05) is 18.2 Å². The van der Waals surface area contributed by atoms with E-state index in [0.717, 1.165) is 0 Å². The lowest BCUT2D eigenvalue weighted by Crippen LogP contribution is -2.50. The van der Waals surface area contributed by atoms with Crippen LogP contribution in [0.4, 0.5) is 10.1 Å². The third-order valence-corrected chi connectivity index (χ3v) is 6.05. The highest BCUT2D eigenvalue weighted by Gasteiger charge is 2.36. The average molecular weight is 479 g/mol. The number of halogens is 1. The molecule has 3 atom stereocenters. The number of anilines is 1. The molecule has 2 aromatic carbocycles. The number of rotatable bonds is 9. The van der Waals surface area contributed by atoms with Crippen LogP contribution >= 0.6 is 0 Å². The van der Waals surface area contributed by atoms with E-state index in [4.69, 9.17) is 5.73 Å². The summed E-state index contributed by atoms with van der Waals surface area (Å²) in [5.74, 6) is -3.44. The summed E-state index contributed by atoms with van der Waals surface area (Å²) in [5.41, 5.74) is 7.67. The molecule has 0 bridgehead atoms. The number of hydrogen-bond donors (Lipinski definition) is 2. The first-order valence-electron chi connectivity index (χ1n) is 11.5. The lowest BCUT2D eigenvalue weighted by atomic mass is 9.82. The number of allylic oxidation sites excluding steroid dienone is 1. The Hall–Kier alpha value is -3.81. The number of primary amides is 1. The van der Waals surface area contributed by atoms with E-state index in [1.54, 1.807) is 49.5 Å². The topological polar surface area (TPSA) is 105 Å². The molecule has 0 spiro atoms. The molecule has 0 aromatic heterocycles. The Morgan fingerprint density at radius 1 is 1.20 bits per heavy atom. The Morgan fingerprint density at radius 2 is 1.91 bits per heavy atom. The molecule has 1 aliphatic heterocycles. The van der Waals surface area contributed by atoms with Gasteiger partial charge in [0.2, 0.25) is 18.0 Å². The molecule has 0 saturated heterocycles. The summed E-state index contributed by atoms with van der Waals surface area (Å²) >= 11 is 0. The molecule has 3 amide bonds. The standard InChI is InChI=1S/C27H31FN4O3/c1-5-9-19(24(29)33)21(14-16(2)3)26(34)31-25-27(35)32(4)22-13-7-6-12-20(22)23(30-25)17-10-8-11-18(28)15-17/h5-8,10-13,15-16,19,21,25H,1,9,14H2,2-4H3,(H2,29,33)(H,31,34)/t19-,21+,25+/m0/s1. The number of nitrogens with two attached hydrogens (primary N) is 1. The SMILES string of the molecule is C=CC[C@H](C(N)=O)[C@@H](CC(C)C)C(=O)N[C@H]1N=C(c2cccc(F)c2)c2ccccc2N(C)C1=O. The highest BCUT2D eigenvalue weighted by Crippen LogP contribution is 2.29. The molecular weight excluding hydrogens is 447 g/mol. The minimum Gasteiger partial charge on any atom is -0.369 e. The second-order valence-electron chi connectivity index (χ2n) is 9.08. The zero-order chi connectivity index (χ0) is 25.7. The molecule has 0 saturated carbocycles. The molecule has 1 aliphatic rings. The van der Waals surface area contributed by atoms with Crippen molar-refractivity contribution >= 4 is 29.1 Å². The lowest BCUT2D eigenvalue weighted by Gasteiger charge is -2.27. The predicted octanol–water partition coefficient (Wildman–Crippen LogP) is 3.42. The van der Waals surface area contributed by atoms with E-state index in [9.17, 15) is 18.8 Å². The van der Waals surface area contributed by atoms with E-state index in [1.165, 1.54) is 17.0 Å². The van der Waals surface area contributed by atoms with Gasteiger partial charge in [-0.05, 0) is 37.0 Å². The number of para-hydroxylation sites is 1. The van der Waals surface area contributed by atoms with E-state index in [1.807, 2.05) is 13.8 Å². The van der Waals surface area contributed by atoms with Crippen molar-refractivity contribution < 1.29 is 18.8 Å². The van der Waals surface area contributed by atoms with Crippen molar-refractivity contribution in [3.63, 3.8) is 0 Å². The number of aliphatic imine (C=N–C) groups is 1. The van der Waals surface area contributed by atoms with Gasteiger partial charge < -0.3 is 16.0 Å². The molecule has 35 heavy (non-hydrogen) atoms. The zero-order valence-corrected chi connectivity index (χ0v) is 20.2. The van der Waals surface area contributed by atoms with Crippen LogP contribution in [0.1, 0.15) is 37.8 Å². The molecule has 2 aromatic rings. The summed E-state index contributed by atoms with van der Waals surface area (Å²) in [6.07, 6.45) is 0.912. The summed E-state index contributed by atoms with van der Waals surface area (Å²) in [6.45, 7) is 7.55. The molecule has 3 rings (SSSR count). The second kappa shape index (κ2) is 11.1. The van der Waals surface area contributed by atoms with E-state index < -0.39 is 41.5 Å². The third kappa shape index (κ3) is 5.82. The fraction of sp³-hybridized carbons (Fsp3) is 0.333. The van der Waals surface area contributed by atoms with Crippen LogP contribution in [0.15, 0.2) is 66.2 Å². The number of nitrogens with one attached hydrogen (secondary N) is 1. The lowest BCUT2D eigenvalue weighted by molar-refractivity contribution is -0.135. The third-order valence-electron chi connectivity index (χ3n) is 6.05. The normalized spacial score (nSPS) is 17.2. The van der Waals surface area contributed by atoms with Crippen molar-refractivity contribution in [1.82, 2.24) is 5.32 Å². The van der Waals surface area contributed by atoms with E-state index in [2.05, 4.69) is 16.9 Å². The van der Waals surface area contributed by atoms with Crippen LogP contribution in [-0.4, -0.2) is 36.6 Å². The maximum Gasteiger partial charge on any atom is 0.272 e. The number of likely N-dealkylation sites (N-methyl/N-ethyl adjacent to an activating group) is 1. The fourth-order valence-corrected chi connectivity index (χ4v) is 4.34. The summed E-state index contributed by atoms with van der Waals surface area (Å²) < 4.78 is 14.1. The number of benzodiazepines with no additional fused rings is 1. The van der Waals surface area contributed by atoms with Crippen molar-refractivity contribution in [2.24, 2.45) is 28.5 Å². The smallest absolute Gasteiger partial charge is 0.272 e. The first-order chi connectivity index (χ1) is 16.6. The van der Waals surface area contributed by atoms with Gasteiger partial charge in [-0.25, -0.2) is 9.38 Å². The number of benzene rings is 2. The van der Waals surface area contributed by atoms with Gasteiger partial charge in [-0.2, -0.15) is 0 Å². The molecule has 7 nitrogen and oxygen atoms in total. The number of carbonyl (C=O) groups is 3. The summed E-state index contributed by atoms with van der Waals surface area (Å²) in [6, 6.07) is 13.1. The maximum atomic E-state index is 14.1. The first kappa shape index (κ1) is 25.8. The maximum absolute atomic E-state index is 14.1. The number of carbonyl (C=O) groups excluding carboxylic acids is 3. The Balaban J connectivity index is 2.06. The van der Waals surface area contributed by atoms with Gasteiger partial charge in [0.05, 0.1) is 23.2 Å².